The Kier molecular flexibility index (Phi) is 3.69. The zero-order chi connectivity index (χ0) is 14.9. The van der Waals surface area contributed by atoms with E-state index in [9.17, 15) is 9.59 Å². The number of aromatic nitrogens is 1. The quantitative estimate of drug-likeness (QED) is 0.789. The second-order valence-electron chi connectivity index (χ2n) is 6.06. The number of rotatable bonds is 1. The van der Waals surface area contributed by atoms with E-state index < -0.39 is 0 Å². The highest BCUT2D eigenvalue weighted by Gasteiger charge is 2.44. The van der Waals surface area contributed by atoms with Crippen molar-refractivity contribution in [3.8, 4) is 0 Å². The molecule has 1 aromatic heterocycles. The van der Waals surface area contributed by atoms with Crippen molar-refractivity contribution in [2.75, 3.05) is 19.6 Å². The highest BCUT2D eigenvalue weighted by atomic mass is 16.5. The average molecular weight is 291 g/mol. The smallest absolute Gasteiger partial charge is 0.292 e. The van der Waals surface area contributed by atoms with E-state index in [1.165, 1.54) is 6.20 Å². The van der Waals surface area contributed by atoms with Gasteiger partial charge in [-0.2, -0.15) is 0 Å². The lowest BCUT2D eigenvalue weighted by atomic mass is 9.79. The molecular weight excluding hydrogens is 270 g/mol. The molecule has 2 aliphatic rings. The van der Waals surface area contributed by atoms with E-state index in [1.807, 2.05) is 9.80 Å². The van der Waals surface area contributed by atoms with Crippen LogP contribution in [0, 0.1) is 0 Å². The third kappa shape index (κ3) is 2.54. The molecule has 0 bridgehead atoms. The summed E-state index contributed by atoms with van der Waals surface area (Å²) in [6, 6.07) is 1.59. The molecule has 1 atom stereocenters. The molecule has 2 aliphatic heterocycles. The standard InChI is InChI=1S/C15H21N3O3/c1-12(19)18-10-3-2-6-15(18)7-4-9-17(11-15)14(20)13-5-8-16-21-13/h5,8H,2-4,6-7,9-11H2,1H3/t15-/m0/s1. The van der Waals surface area contributed by atoms with E-state index >= 15 is 0 Å². The van der Waals surface area contributed by atoms with Crippen LogP contribution in [0.1, 0.15) is 49.6 Å². The number of hydrogen-bond donors (Lipinski definition) is 0. The Morgan fingerprint density at radius 3 is 2.76 bits per heavy atom. The SMILES string of the molecule is CC(=O)N1CCCC[C@@]12CCCN(C(=O)c1ccno1)C2. The molecule has 1 aromatic rings. The van der Waals surface area contributed by atoms with Gasteiger partial charge in [0.1, 0.15) is 0 Å². The maximum Gasteiger partial charge on any atom is 0.292 e. The van der Waals surface area contributed by atoms with Crippen molar-refractivity contribution in [1.29, 1.82) is 0 Å². The maximum atomic E-state index is 12.5. The van der Waals surface area contributed by atoms with Gasteiger partial charge in [0, 0.05) is 32.6 Å². The second-order valence-corrected chi connectivity index (χ2v) is 6.06. The summed E-state index contributed by atoms with van der Waals surface area (Å²) in [6.07, 6.45) is 6.53. The Balaban J connectivity index is 1.81. The number of amides is 2. The van der Waals surface area contributed by atoms with Crippen LogP contribution in [0.25, 0.3) is 0 Å². The maximum absolute atomic E-state index is 12.5. The molecule has 3 heterocycles. The minimum atomic E-state index is -0.183. The average Bonchev–Trinajstić information content (AvgIpc) is 3.01. The summed E-state index contributed by atoms with van der Waals surface area (Å²) >= 11 is 0. The van der Waals surface area contributed by atoms with Crippen LogP contribution in [0.5, 0.6) is 0 Å². The van der Waals surface area contributed by atoms with Crippen molar-refractivity contribution in [1.82, 2.24) is 15.0 Å². The van der Waals surface area contributed by atoms with Crippen LogP contribution in [0.3, 0.4) is 0 Å². The first kappa shape index (κ1) is 14.1. The molecule has 2 saturated heterocycles. The Labute approximate surface area is 124 Å². The molecule has 1 spiro atoms. The molecule has 0 aromatic carbocycles. The van der Waals surface area contributed by atoms with E-state index in [4.69, 9.17) is 4.52 Å². The molecule has 0 radical (unpaired) electrons. The van der Waals surface area contributed by atoms with Gasteiger partial charge in [-0.25, -0.2) is 0 Å². The fourth-order valence-electron chi connectivity index (χ4n) is 3.78. The summed E-state index contributed by atoms with van der Waals surface area (Å²) < 4.78 is 4.98. The van der Waals surface area contributed by atoms with Crippen molar-refractivity contribution in [2.45, 2.75) is 44.6 Å². The molecule has 0 unspecified atom stereocenters. The summed E-state index contributed by atoms with van der Waals surface area (Å²) in [6.45, 7) is 3.75. The molecule has 0 N–H and O–H groups in total. The van der Waals surface area contributed by atoms with Crippen molar-refractivity contribution < 1.29 is 14.1 Å². The topological polar surface area (TPSA) is 66.7 Å². The van der Waals surface area contributed by atoms with E-state index in [0.29, 0.717) is 13.1 Å². The summed E-state index contributed by atoms with van der Waals surface area (Å²) in [5.74, 6) is 0.265. The Morgan fingerprint density at radius 2 is 2.05 bits per heavy atom. The third-order valence-corrected chi connectivity index (χ3v) is 4.72. The summed E-state index contributed by atoms with van der Waals surface area (Å²) in [4.78, 5) is 28.2. The van der Waals surface area contributed by atoms with Crippen LogP contribution < -0.4 is 0 Å². The lowest BCUT2D eigenvalue weighted by molar-refractivity contribution is -0.140. The lowest BCUT2D eigenvalue weighted by Gasteiger charge is -2.51. The monoisotopic (exact) mass is 291 g/mol. The highest BCUT2D eigenvalue weighted by Crippen LogP contribution is 2.36. The van der Waals surface area contributed by atoms with Gasteiger partial charge in [0.25, 0.3) is 5.91 Å². The van der Waals surface area contributed by atoms with E-state index in [1.54, 1.807) is 13.0 Å². The van der Waals surface area contributed by atoms with Crippen molar-refractivity contribution in [3.63, 3.8) is 0 Å². The van der Waals surface area contributed by atoms with Crippen LogP contribution in [0.15, 0.2) is 16.8 Å². The van der Waals surface area contributed by atoms with Crippen LogP contribution in [0.4, 0.5) is 0 Å². The lowest BCUT2D eigenvalue weighted by Crippen LogP contribution is -2.62. The fraction of sp³-hybridized carbons (Fsp3) is 0.667. The molecule has 21 heavy (non-hydrogen) atoms. The summed E-state index contributed by atoms with van der Waals surface area (Å²) in [7, 11) is 0. The van der Waals surface area contributed by atoms with Gasteiger partial charge in [-0.3, -0.25) is 9.59 Å². The molecule has 6 heteroatoms. The first-order valence-corrected chi connectivity index (χ1v) is 7.61. The van der Waals surface area contributed by atoms with Crippen molar-refractivity contribution in [2.24, 2.45) is 0 Å². The molecule has 2 fully saturated rings. The minimum Gasteiger partial charge on any atom is -0.351 e. The highest BCUT2D eigenvalue weighted by molar-refractivity contribution is 5.91. The van der Waals surface area contributed by atoms with Gasteiger partial charge in [-0.05, 0) is 32.1 Å². The largest absolute Gasteiger partial charge is 0.351 e. The molecule has 3 rings (SSSR count). The summed E-state index contributed by atoms with van der Waals surface area (Å²) in [5.41, 5.74) is -0.183. The predicted octanol–water partition coefficient (Wildman–Crippen LogP) is 1.68. The number of carbonyl (C=O) groups excluding carboxylic acids is 2. The zero-order valence-corrected chi connectivity index (χ0v) is 12.4. The van der Waals surface area contributed by atoms with E-state index in [-0.39, 0.29) is 23.1 Å². The van der Waals surface area contributed by atoms with Gasteiger partial charge in [-0.15, -0.1) is 0 Å². The third-order valence-electron chi connectivity index (χ3n) is 4.72. The predicted molar refractivity (Wildman–Crippen MR) is 75.6 cm³/mol. The molecule has 6 nitrogen and oxygen atoms in total. The Hall–Kier alpha value is -1.85. The normalized spacial score (nSPS) is 26.1. The summed E-state index contributed by atoms with van der Waals surface area (Å²) in [5, 5.41) is 3.60. The fourth-order valence-corrected chi connectivity index (χ4v) is 3.78. The van der Waals surface area contributed by atoms with Gasteiger partial charge in [0.2, 0.25) is 11.7 Å². The van der Waals surface area contributed by atoms with Gasteiger partial charge in [-0.1, -0.05) is 5.16 Å². The van der Waals surface area contributed by atoms with Crippen molar-refractivity contribution in [3.05, 3.63) is 18.0 Å². The number of hydrogen-bond acceptors (Lipinski definition) is 4. The molecule has 0 saturated carbocycles. The number of likely N-dealkylation sites (tertiary alicyclic amines) is 2. The van der Waals surface area contributed by atoms with Gasteiger partial charge in [0.15, 0.2) is 0 Å². The van der Waals surface area contributed by atoms with Gasteiger partial charge in [0.05, 0.1) is 11.7 Å². The molecule has 2 amide bonds. The van der Waals surface area contributed by atoms with Crippen LogP contribution in [0.2, 0.25) is 0 Å². The molecular formula is C15H21N3O3. The number of carbonyl (C=O) groups is 2. The van der Waals surface area contributed by atoms with Crippen LogP contribution >= 0.6 is 0 Å². The van der Waals surface area contributed by atoms with Crippen LogP contribution in [-0.2, 0) is 4.79 Å². The number of nitrogens with zero attached hydrogens (tertiary/aromatic N) is 3. The molecule has 0 aliphatic carbocycles. The first-order valence-electron chi connectivity index (χ1n) is 7.61. The first-order chi connectivity index (χ1) is 10.1. The Bertz CT molecular complexity index is 524. The van der Waals surface area contributed by atoms with Gasteiger partial charge < -0.3 is 14.3 Å². The minimum absolute atomic E-state index is 0.115. The second kappa shape index (κ2) is 5.50. The van der Waals surface area contributed by atoms with E-state index in [2.05, 4.69) is 5.16 Å². The van der Waals surface area contributed by atoms with Gasteiger partial charge >= 0.3 is 0 Å². The Morgan fingerprint density at radius 1 is 1.24 bits per heavy atom. The van der Waals surface area contributed by atoms with Crippen molar-refractivity contribution >= 4 is 11.8 Å². The van der Waals surface area contributed by atoms with Crippen LogP contribution in [-0.4, -0.2) is 51.9 Å². The molecule has 114 valence electrons. The number of piperidine rings is 2. The van der Waals surface area contributed by atoms with E-state index in [0.717, 1.165) is 38.6 Å². The zero-order valence-electron chi connectivity index (χ0n) is 12.4.